The maximum atomic E-state index is 13.1. The molecule has 2 saturated heterocycles. The molecule has 2 aliphatic heterocycles. The van der Waals surface area contributed by atoms with Crippen molar-refractivity contribution in [3.8, 4) is 0 Å². The Bertz CT molecular complexity index is 1190. The van der Waals surface area contributed by atoms with Crippen LogP contribution in [0, 0.1) is 19.8 Å². The average Bonchev–Trinajstić information content (AvgIpc) is 2.86. The number of nitrogens with zero attached hydrogens (tertiary/aromatic N) is 3. The minimum Gasteiger partial charge on any atom is -0.336 e. The molecular formula is C26H30BrN5O4. The second-order valence-electron chi connectivity index (χ2n) is 9.34. The van der Waals surface area contributed by atoms with E-state index in [9.17, 15) is 19.2 Å². The first-order valence-electron chi connectivity index (χ1n) is 12.1. The number of anilines is 2. The van der Waals surface area contributed by atoms with Gasteiger partial charge in [-0.05, 0) is 75.4 Å². The maximum absolute atomic E-state index is 13.1. The van der Waals surface area contributed by atoms with Crippen molar-refractivity contribution in [3.05, 3.63) is 52.1 Å². The fourth-order valence-corrected chi connectivity index (χ4v) is 4.89. The van der Waals surface area contributed by atoms with E-state index in [-0.39, 0.29) is 18.4 Å². The number of amides is 4. The molecule has 10 heteroatoms. The van der Waals surface area contributed by atoms with Gasteiger partial charge < -0.3 is 20.4 Å². The summed E-state index contributed by atoms with van der Waals surface area (Å²) in [7, 11) is 0. The number of rotatable bonds is 4. The first-order chi connectivity index (χ1) is 17.2. The van der Waals surface area contributed by atoms with Gasteiger partial charge in [0.25, 0.3) is 0 Å². The van der Waals surface area contributed by atoms with E-state index in [1.54, 1.807) is 11.0 Å². The van der Waals surface area contributed by atoms with Gasteiger partial charge in [0.2, 0.25) is 11.8 Å². The van der Waals surface area contributed by atoms with Gasteiger partial charge in [-0.2, -0.15) is 0 Å². The Labute approximate surface area is 218 Å². The first kappa shape index (κ1) is 25.8. The van der Waals surface area contributed by atoms with E-state index in [0.29, 0.717) is 44.6 Å². The van der Waals surface area contributed by atoms with E-state index < -0.39 is 23.8 Å². The zero-order valence-corrected chi connectivity index (χ0v) is 22.0. The number of pyridine rings is 1. The van der Waals surface area contributed by atoms with Crippen LogP contribution < -0.4 is 15.5 Å². The topological polar surface area (TPSA) is 112 Å². The molecule has 2 aliphatic rings. The van der Waals surface area contributed by atoms with Crippen molar-refractivity contribution in [2.24, 2.45) is 5.92 Å². The number of hydrogen-bond acceptors (Lipinski definition) is 5. The Morgan fingerprint density at radius 1 is 1.06 bits per heavy atom. The van der Waals surface area contributed by atoms with Gasteiger partial charge in [0.05, 0.1) is 5.92 Å². The third kappa shape index (κ3) is 5.92. The summed E-state index contributed by atoms with van der Waals surface area (Å²) in [6, 6.07) is 10.3. The summed E-state index contributed by atoms with van der Waals surface area (Å²) in [6.07, 6.45) is 2.40. The number of aryl methyl sites for hydroxylation is 2. The number of carbonyl (C=O) groups excluding carboxylic acids is 4. The minimum absolute atomic E-state index is 0.146. The van der Waals surface area contributed by atoms with Crippen LogP contribution in [0.2, 0.25) is 0 Å². The largest absolute Gasteiger partial charge is 0.336 e. The summed E-state index contributed by atoms with van der Waals surface area (Å²) in [5, 5.41) is 5.44. The summed E-state index contributed by atoms with van der Waals surface area (Å²) in [5.41, 5.74) is 2.55. The van der Waals surface area contributed by atoms with Crippen molar-refractivity contribution in [2.45, 2.75) is 45.6 Å². The molecule has 0 bridgehead atoms. The van der Waals surface area contributed by atoms with E-state index in [4.69, 9.17) is 0 Å². The number of aromatic nitrogens is 1. The SMILES string of the molecule is Cc1cccc(NC(=O)C2CCCN(C(=O)C(=O)NC3CCCN(c4ccc(Br)c(C)c4)C3=O)C2)n1. The highest BCUT2D eigenvalue weighted by molar-refractivity contribution is 9.10. The lowest BCUT2D eigenvalue weighted by molar-refractivity contribution is -0.148. The van der Waals surface area contributed by atoms with E-state index in [1.165, 1.54) is 4.90 Å². The zero-order chi connectivity index (χ0) is 25.8. The van der Waals surface area contributed by atoms with Crippen LogP contribution in [0.3, 0.4) is 0 Å². The molecule has 0 radical (unpaired) electrons. The van der Waals surface area contributed by atoms with Gasteiger partial charge in [-0.15, -0.1) is 0 Å². The van der Waals surface area contributed by atoms with Crippen molar-refractivity contribution in [1.82, 2.24) is 15.2 Å². The lowest BCUT2D eigenvalue weighted by Gasteiger charge is -2.34. The number of hydrogen-bond donors (Lipinski definition) is 2. The van der Waals surface area contributed by atoms with Crippen LogP contribution in [-0.4, -0.2) is 59.2 Å². The monoisotopic (exact) mass is 555 g/mol. The molecule has 2 N–H and O–H groups in total. The van der Waals surface area contributed by atoms with Crippen molar-refractivity contribution in [1.29, 1.82) is 0 Å². The fourth-order valence-electron chi connectivity index (χ4n) is 4.64. The molecule has 4 rings (SSSR count). The highest BCUT2D eigenvalue weighted by Gasteiger charge is 2.35. The van der Waals surface area contributed by atoms with Gasteiger partial charge in [-0.1, -0.05) is 22.0 Å². The number of piperidine rings is 2. The Hall–Kier alpha value is -3.27. The molecule has 9 nitrogen and oxygen atoms in total. The molecule has 2 atom stereocenters. The molecule has 0 saturated carbocycles. The molecule has 2 fully saturated rings. The number of halogens is 1. The number of benzene rings is 1. The summed E-state index contributed by atoms with van der Waals surface area (Å²) >= 11 is 3.47. The van der Waals surface area contributed by atoms with Crippen LogP contribution in [0.15, 0.2) is 40.9 Å². The second-order valence-corrected chi connectivity index (χ2v) is 10.2. The molecular weight excluding hydrogens is 526 g/mol. The molecule has 2 aromatic rings. The lowest BCUT2D eigenvalue weighted by atomic mass is 9.97. The van der Waals surface area contributed by atoms with E-state index in [0.717, 1.165) is 21.4 Å². The van der Waals surface area contributed by atoms with Crippen LogP contribution >= 0.6 is 15.9 Å². The smallest absolute Gasteiger partial charge is 0.311 e. The molecule has 1 aromatic heterocycles. The third-order valence-corrected chi connectivity index (χ3v) is 7.50. The normalized spacial score (nSPS) is 20.1. The molecule has 4 amide bonds. The molecule has 36 heavy (non-hydrogen) atoms. The Kier molecular flexibility index (Phi) is 8.03. The van der Waals surface area contributed by atoms with Crippen LogP contribution in [0.1, 0.15) is 36.9 Å². The highest BCUT2D eigenvalue weighted by Crippen LogP contribution is 2.26. The zero-order valence-electron chi connectivity index (χ0n) is 20.4. The highest BCUT2D eigenvalue weighted by atomic mass is 79.9. The van der Waals surface area contributed by atoms with Gasteiger partial charge in [-0.3, -0.25) is 19.2 Å². The van der Waals surface area contributed by atoms with E-state index in [2.05, 4.69) is 31.5 Å². The quantitative estimate of drug-likeness (QED) is 0.563. The van der Waals surface area contributed by atoms with E-state index >= 15 is 0 Å². The van der Waals surface area contributed by atoms with E-state index in [1.807, 2.05) is 44.2 Å². The van der Waals surface area contributed by atoms with Gasteiger partial charge in [0.15, 0.2) is 0 Å². The molecule has 0 spiro atoms. The van der Waals surface area contributed by atoms with Crippen molar-refractivity contribution < 1.29 is 19.2 Å². The standard InChI is InChI=1S/C26H30BrN5O4/c1-16-14-19(10-11-20(16)27)32-13-5-8-21(25(32)35)29-24(34)26(36)31-12-4-7-18(15-31)23(33)30-22-9-3-6-17(2)28-22/h3,6,9-11,14,18,21H,4-5,7-8,12-13,15H2,1-2H3,(H,29,34)(H,28,30,33). The maximum Gasteiger partial charge on any atom is 0.311 e. The van der Waals surface area contributed by atoms with Crippen molar-refractivity contribution in [2.75, 3.05) is 29.9 Å². The number of likely N-dealkylation sites (tertiary alicyclic amines) is 1. The van der Waals surface area contributed by atoms with Gasteiger partial charge >= 0.3 is 11.8 Å². The average molecular weight is 556 g/mol. The molecule has 3 heterocycles. The third-order valence-electron chi connectivity index (χ3n) is 6.61. The van der Waals surface area contributed by atoms with Crippen LogP contribution in [-0.2, 0) is 19.2 Å². The van der Waals surface area contributed by atoms with Crippen LogP contribution in [0.25, 0.3) is 0 Å². The molecule has 190 valence electrons. The summed E-state index contributed by atoms with van der Waals surface area (Å²) < 4.78 is 0.954. The van der Waals surface area contributed by atoms with Crippen LogP contribution in [0.4, 0.5) is 11.5 Å². The summed E-state index contributed by atoms with van der Waals surface area (Å²) in [5.74, 6) is -1.97. The molecule has 1 aromatic carbocycles. The summed E-state index contributed by atoms with van der Waals surface area (Å²) in [6.45, 7) is 4.88. The predicted octanol–water partition coefficient (Wildman–Crippen LogP) is 2.95. The van der Waals surface area contributed by atoms with Crippen molar-refractivity contribution >= 4 is 51.1 Å². The van der Waals surface area contributed by atoms with Crippen molar-refractivity contribution in [3.63, 3.8) is 0 Å². The fraction of sp³-hybridized carbons (Fsp3) is 0.423. The molecule has 0 aliphatic carbocycles. The van der Waals surface area contributed by atoms with Gasteiger partial charge in [0, 0.05) is 35.5 Å². The van der Waals surface area contributed by atoms with Crippen LogP contribution in [0.5, 0.6) is 0 Å². The number of nitrogens with one attached hydrogen (secondary N) is 2. The Morgan fingerprint density at radius 2 is 1.83 bits per heavy atom. The Morgan fingerprint density at radius 3 is 2.58 bits per heavy atom. The summed E-state index contributed by atoms with van der Waals surface area (Å²) in [4.78, 5) is 58.9. The second kappa shape index (κ2) is 11.2. The molecule has 2 unspecified atom stereocenters. The first-order valence-corrected chi connectivity index (χ1v) is 12.9. The lowest BCUT2D eigenvalue weighted by Crippen LogP contribution is -2.56. The minimum atomic E-state index is -0.816. The van der Waals surface area contributed by atoms with Gasteiger partial charge in [-0.25, -0.2) is 4.98 Å². The predicted molar refractivity (Wildman–Crippen MR) is 139 cm³/mol. The number of carbonyl (C=O) groups is 4. The Balaban J connectivity index is 1.35. The van der Waals surface area contributed by atoms with Gasteiger partial charge in [0.1, 0.15) is 11.9 Å².